The minimum atomic E-state index is -0.608. The van der Waals surface area contributed by atoms with Crippen LogP contribution >= 0.6 is 11.3 Å². The molecular formula is C25H19N3O6S. The zero-order chi connectivity index (χ0) is 23.9. The van der Waals surface area contributed by atoms with Gasteiger partial charge in [-0.25, -0.2) is 9.78 Å². The van der Waals surface area contributed by atoms with Crippen molar-refractivity contribution in [3.63, 3.8) is 0 Å². The van der Waals surface area contributed by atoms with Gasteiger partial charge in [-0.3, -0.25) is 14.9 Å². The highest BCUT2D eigenvalue weighted by Crippen LogP contribution is 2.38. The number of aryl methyl sites for hydroxylation is 1. The van der Waals surface area contributed by atoms with Crippen molar-refractivity contribution >= 4 is 44.9 Å². The van der Waals surface area contributed by atoms with Gasteiger partial charge in [0.05, 0.1) is 11.6 Å². The van der Waals surface area contributed by atoms with Gasteiger partial charge in [0.25, 0.3) is 5.91 Å². The van der Waals surface area contributed by atoms with Gasteiger partial charge in [0.15, 0.2) is 16.6 Å². The number of anilines is 2. The van der Waals surface area contributed by atoms with E-state index in [1.54, 1.807) is 36.4 Å². The molecule has 1 aliphatic heterocycles. The predicted molar refractivity (Wildman–Crippen MR) is 129 cm³/mol. The zero-order valence-corrected chi connectivity index (χ0v) is 19.1. The summed E-state index contributed by atoms with van der Waals surface area (Å²) in [7, 11) is 0. The van der Waals surface area contributed by atoms with Crippen LogP contribution in [0.1, 0.15) is 39.7 Å². The maximum atomic E-state index is 13.1. The number of ether oxygens (including phenoxy) is 2. The van der Waals surface area contributed by atoms with Crippen molar-refractivity contribution in [2.24, 2.45) is 0 Å². The molecule has 2 N–H and O–H groups in total. The number of nitrogens with one attached hydrogen (secondary N) is 2. The van der Waals surface area contributed by atoms with E-state index in [0.29, 0.717) is 45.3 Å². The van der Waals surface area contributed by atoms with Gasteiger partial charge in [0.2, 0.25) is 12.7 Å². The zero-order valence-electron chi connectivity index (χ0n) is 18.3. The van der Waals surface area contributed by atoms with Crippen molar-refractivity contribution in [1.82, 2.24) is 4.98 Å². The molecule has 0 fully saturated rings. The number of fused-ring (bicyclic) bond motifs is 3. The number of benzene rings is 2. The monoisotopic (exact) mass is 489 g/mol. The molecule has 0 saturated heterocycles. The Kier molecular flexibility index (Phi) is 5.22. The van der Waals surface area contributed by atoms with E-state index in [4.69, 9.17) is 13.9 Å². The first kappa shape index (κ1) is 21.4. The smallest absolute Gasteiger partial charge is 0.360 e. The number of rotatable bonds is 4. The molecule has 2 aromatic heterocycles. The Hall–Kier alpha value is -4.18. The van der Waals surface area contributed by atoms with Gasteiger partial charge in [0.1, 0.15) is 11.3 Å². The number of hydrogen-bond acceptors (Lipinski definition) is 8. The van der Waals surface area contributed by atoms with Crippen LogP contribution in [-0.2, 0) is 11.2 Å². The second-order valence-corrected chi connectivity index (χ2v) is 9.35. The molecule has 6 rings (SSSR count). The Bertz CT molecular complexity index is 1540. The Labute approximate surface area is 202 Å². The molecule has 1 aliphatic carbocycles. The third-order valence-electron chi connectivity index (χ3n) is 6.03. The van der Waals surface area contributed by atoms with Crippen LogP contribution in [0.3, 0.4) is 0 Å². The number of nitrogens with zero attached hydrogens (tertiary/aromatic N) is 1. The molecule has 176 valence electrons. The number of para-hydroxylation sites is 1. The molecule has 2 aliphatic rings. The number of carbonyl (C=O) groups excluding carboxylic acids is 2. The Morgan fingerprint density at radius 2 is 1.89 bits per heavy atom. The van der Waals surface area contributed by atoms with Crippen LogP contribution in [0.15, 0.2) is 57.7 Å². The fraction of sp³-hybridized carbons (Fsp3) is 0.200. The summed E-state index contributed by atoms with van der Waals surface area (Å²) >= 11 is 1.36. The van der Waals surface area contributed by atoms with E-state index < -0.39 is 11.5 Å². The number of hydrogen-bond donors (Lipinski definition) is 2. The second-order valence-electron chi connectivity index (χ2n) is 8.27. The van der Waals surface area contributed by atoms with Crippen LogP contribution in [0.4, 0.5) is 10.8 Å². The SMILES string of the molecule is O=C(Nc1nc2c(s1)CCCC2C(=O)Nc1cc2ccccc2oc1=O)c1ccc2c(c1)OCO2. The average molecular weight is 490 g/mol. The lowest BCUT2D eigenvalue weighted by atomic mass is 9.90. The highest BCUT2D eigenvalue weighted by atomic mass is 32.1. The van der Waals surface area contributed by atoms with Gasteiger partial charge in [-0.1, -0.05) is 18.2 Å². The first-order valence-corrected chi connectivity index (χ1v) is 11.9. The lowest BCUT2D eigenvalue weighted by Crippen LogP contribution is -2.26. The lowest BCUT2D eigenvalue weighted by Gasteiger charge is -2.20. The van der Waals surface area contributed by atoms with E-state index >= 15 is 0 Å². The Morgan fingerprint density at radius 3 is 2.80 bits per heavy atom. The van der Waals surface area contributed by atoms with Gasteiger partial charge < -0.3 is 19.2 Å². The molecule has 0 bridgehead atoms. The highest BCUT2D eigenvalue weighted by molar-refractivity contribution is 7.16. The summed E-state index contributed by atoms with van der Waals surface area (Å²) in [5.74, 6) is -0.0692. The Morgan fingerprint density at radius 1 is 1.03 bits per heavy atom. The number of thiazole rings is 1. The van der Waals surface area contributed by atoms with E-state index in [1.807, 2.05) is 12.1 Å². The largest absolute Gasteiger partial charge is 0.454 e. The van der Waals surface area contributed by atoms with Crippen molar-refractivity contribution in [3.05, 3.63) is 75.1 Å². The number of aromatic nitrogens is 1. The second kappa shape index (κ2) is 8.55. The predicted octanol–water partition coefficient (Wildman–Crippen LogP) is 4.29. The van der Waals surface area contributed by atoms with E-state index in [1.165, 1.54) is 11.3 Å². The van der Waals surface area contributed by atoms with E-state index in [2.05, 4.69) is 15.6 Å². The first-order valence-electron chi connectivity index (χ1n) is 11.1. The summed E-state index contributed by atoms with van der Waals surface area (Å²) in [6.45, 7) is 0.129. The molecule has 2 aromatic carbocycles. The molecule has 1 unspecified atom stereocenters. The fourth-order valence-electron chi connectivity index (χ4n) is 4.30. The van der Waals surface area contributed by atoms with Crippen LogP contribution in [-0.4, -0.2) is 23.6 Å². The third-order valence-corrected chi connectivity index (χ3v) is 7.07. The third kappa shape index (κ3) is 4.01. The number of carbonyl (C=O) groups is 2. The van der Waals surface area contributed by atoms with Crippen LogP contribution < -0.4 is 25.7 Å². The minimum Gasteiger partial charge on any atom is -0.454 e. The van der Waals surface area contributed by atoms with Gasteiger partial charge in [-0.2, -0.15) is 0 Å². The minimum absolute atomic E-state index is 0.0902. The lowest BCUT2D eigenvalue weighted by molar-refractivity contribution is -0.118. The number of amides is 2. The normalized spacial score (nSPS) is 16.1. The van der Waals surface area contributed by atoms with Gasteiger partial charge in [-0.05, 0) is 49.6 Å². The first-order chi connectivity index (χ1) is 17.0. The van der Waals surface area contributed by atoms with Crippen LogP contribution in [0.25, 0.3) is 11.0 Å². The molecule has 0 saturated carbocycles. The summed E-state index contributed by atoms with van der Waals surface area (Å²) in [5.41, 5.74) is 0.984. The summed E-state index contributed by atoms with van der Waals surface area (Å²) in [5, 5.41) is 6.68. The van der Waals surface area contributed by atoms with Crippen molar-refractivity contribution < 1.29 is 23.5 Å². The van der Waals surface area contributed by atoms with Crippen molar-refractivity contribution in [2.75, 3.05) is 17.4 Å². The van der Waals surface area contributed by atoms with E-state index in [0.717, 1.165) is 17.7 Å². The fourth-order valence-corrected chi connectivity index (χ4v) is 5.36. The Balaban J connectivity index is 1.21. The molecule has 4 aromatic rings. The van der Waals surface area contributed by atoms with Crippen molar-refractivity contribution in [2.45, 2.75) is 25.2 Å². The topological polar surface area (TPSA) is 120 Å². The molecule has 35 heavy (non-hydrogen) atoms. The average Bonchev–Trinajstić information content (AvgIpc) is 3.50. The summed E-state index contributed by atoms with van der Waals surface area (Å²) < 4.78 is 15.9. The standard InChI is InChI=1S/C25H19N3O6S/c29-22(14-8-9-18-19(11-14)33-12-32-18)28-25-27-21-15(5-3-7-20(21)35-25)23(30)26-16-10-13-4-1-2-6-17(13)34-24(16)31/h1-2,4,6,8-11,15H,3,5,7,12H2,(H,26,30)(H,27,28,29). The summed E-state index contributed by atoms with van der Waals surface area (Å²) in [6.07, 6.45) is 2.17. The molecular weight excluding hydrogens is 470 g/mol. The van der Waals surface area contributed by atoms with Crippen LogP contribution in [0.2, 0.25) is 0 Å². The summed E-state index contributed by atoms with van der Waals surface area (Å²) in [4.78, 5) is 43.8. The van der Waals surface area contributed by atoms with Crippen molar-refractivity contribution in [1.29, 1.82) is 0 Å². The molecule has 10 heteroatoms. The molecule has 1 atom stereocenters. The molecule has 3 heterocycles. The van der Waals surface area contributed by atoms with Crippen LogP contribution in [0.5, 0.6) is 11.5 Å². The maximum Gasteiger partial charge on any atom is 0.360 e. The molecule has 0 radical (unpaired) electrons. The molecule has 0 spiro atoms. The summed E-state index contributed by atoms with van der Waals surface area (Å²) in [6, 6.07) is 13.7. The van der Waals surface area contributed by atoms with E-state index in [-0.39, 0.29) is 24.3 Å². The van der Waals surface area contributed by atoms with Gasteiger partial charge in [-0.15, -0.1) is 11.3 Å². The van der Waals surface area contributed by atoms with Gasteiger partial charge >= 0.3 is 5.63 Å². The maximum absolute atomic E-state index is 13.1. The van der Waals surface area contributed by atoms with Crippen LogP contribution in [0, 0.1) is 0 Å². The molecule has 2 amide bonds. The molecule has 9 nitrogen and oxygen atoms in total. The van der Waals surface area contributed by atoms with Gasteiger partial charge in [0, 0.05) is 15.8 Å². The van der Waals surface area contributed by atoms with Crippen molar-refractivity contribution in [3.8, 4) is 11.5 Å². The quantitative estimate of drug-likeness (QED) is 0.410. The van der Waals surface area contributed by atoms with E-state index in [9.17, 15) is 14.4 Å². The highest BCUT2D eigenvalue weighted by Gasteiger charge is 2.31.